The van der Waals surface area contributed by atoms with Crippen LogP contribution in [0.5, 0.6) is 0 Å². The number of anilines is 1. The van der Waals surface area contributed by atoms with Crippen molar-refractivity contribution in [2.75, 3.05) is 18.4 Å². The van der Waals surface area contributed by atoms with Gasteiger partial charge in [0.15, 0.2) is 9.84 Å². The van der Waals surface area contributed by atoms with Gasteiger partial charge in [0.1, 0.15) is 5.37 Å². The van der Waals surface area contributed by atoms with Crippen LogP contribution in [0.3, 0.4) is 0 Å². The van der Waals surface area contributed by atoms with E-state index in [1.807, 2.05) is 12.1 Å². The smallest absolute Gasteiger partial charge is 0.260 e. The van der Waals surface area contributed by atoms with Crippen molar-refractivity contribution in [2.24, 2.45) is 0 Å². The number of piperidine rings is 1. The third kappa shape index (κ3) is 5.42. The minimum absolute atomic E-state index is 0.112. The largest absolute Gasteiger partial charge is 0.322 e. The molecule has 1 atom stereocenters. The first-order valence-corrected chi connectivity index (χ1v) is 12.1. The fourth-order valence-corrected chi connectivity index (χ4v) is 5.46. The number of sulfone groups is 1. The van der Waals surface area contributed by atoms with Gasteiger partial charge in [0.2, 0.25) is 0 Å². The summed E-state index contributed by atoms with van der Waals surface area (Å²) in [7, 11) is -4.05. The number of alkyl halides is 2. The van der Waals surface area contributed by atoms with Gasteiger partial charge >= 0.3 is 0 Å². The predicted molar refractivity (Wildman–Crippen MR) is 122 cm³/mol. The summed E-state index contributed by atoms with van der Waals surface area (Å²) in [5, 5.41) is 1.46. The molecule has 2 aromatic rings. The third-order valence-corrected chi connectivity index (χ3v) is 7.60. The number of nitrogens with zero attached hydrogens (tertiary/aromatic N) is 1. The number of hydrogen-bond acceptors (Lipinski definition) is 4. The highest BCUT2D eigenvalue weighted by atomic mass is 32.2. The summed E-state index contributed by atoms with van der Waals surface area (Å²) in [6.45, 7) is 7.30. The Morgan fingerprint density at radius 3 is 2.47 bits per heavy atom. The Balaban J connectivity index is 1.81. The molecule has 0 spiro atoms. The zero-order valence-corrected chi connectivity index (χ0v) is 19.0. The van der Waals surface area contributed by atoms with E-state index in [-0.39, 0.29) is 29.8 Å². The van der Waals surface area contributed by atoms with Crippen LogP contribution in [0.4, 0.5) is 14.5 Å². The average Bonchev–Trinajstić information content (AvgIpc) is 2.74. The van der Waals surface area contributed by atoms with Gasteiger partial charge in [-0.25, -0.2) is 17.2 Å². The topological polar surface area (TPSA) is 66.5 Å². The molecule has 2 aromatic carbocycles. The molecule has 32 heavy (non-hydrogen) atoms. The Labute approximate surface area is 188 Å². The number of carbonyl (C=O) groups is 1. The van der Waals surface area contributed by atoms with Gasteiger partial charge < -0.3 is 5.32 Å². The molecule has 1 heterocycles. The number of nitrogens with one attached hydrogen (secondary N) is 1. The fraction of sp³-hybridized carbons (Fsp3) is 0.375. The first-order chi connectivity index (χ1) is 15.0. The summed E-state index contributed by atoms with van der Waals surface area (Å²) < 4.78 is 54.2. The van der Waals surface area contributed by atoms with Crippen LogP contribution in [0, 0.1) is 0 Å². The van der Waals surface area contributed by atoms with Gasteiger partial charge in [-0.15, -0.1) is 6.58 Å². The predicted octanol–water partition coefficient (Wildman–Crippen LogP) is 5.08. The van der Waals surface area contributed by atoms with E-state index < -0.39 is 33.6 Å². The molecule has 172 valence electrons. The summed E-state index contributed by atoms with van der Waals surface area (Å²) in [6.07, 6.45) is 1.10. The summed E-state index contributed by atoms with van der Waals surface area (Å²) in [5.41, 5.74) is 1.88. The van der Waals surface area contributed by atoms with Crippen LogP contribution in [0.15, 0.2) is 66.1 Å². The lowest BCUT2D eigenvalue weighted by atomic mass is 10.0. The van der Waals surface area contributed by atoms with Crippen molar-refractivity contribution in [1.29, 1.82) is 0 Å². The van der Waals surface area contributed by atoms with Crippen LogP contribution in [0.2, 0.25) is 0 Å². The molecule has 0 radical (unpaired) electrons. The second-order valence-electron chi connectivity index (χ2n) is 8.36. The number of amides is 1. The molecular weight excluding hydrogens is 434 g/mol. The molecule has 1 saturated heterocycles. The van der Waals surface area contributed by atoms with Crippen molar-refractivity contribution in [2.45, 2.75) is 48.8 Å². The van der Waals surface area contributed by atoms with Gasteiger partial charge in [0.25, 0.3) is 11.8 Å². The number of halogens is 2. The maximum Gasteiger partial charge on any atom is 0.260 e. The molecule has 5 nitrogen and oxygen atoms in total. The number of hydrogen-bond donors (Lipinski definition) is 1. The van der Waals surface area contributed by atoms with Gasteiger partial charge in [-0.05, 0) is 48.2 Å². The number of rotatable bonds is 7. The molecule has 8 heteroatoms. The van der Waals surface area contributed by atoms with Crippen LogP contribution in [0.1, 0.15) is 48.5 Å². The van der Waals surface area contributed by atoms with E-state index in [4.69, 9.17) is 0 Å². The van der Waals surface area contributed by atoms with Gasteiger partial charge in [0, 0.05) is 24.2 Å². The van der Waals surface area contributed by atoms with Gasteiger partial charge in [-0.3, -0.25) is 9.69 Å². The quantitative estimate of drug-likeness (QED) is 0.583. The van der Waals surface area contributed by atoms with Crippen LogP contribution in [-0.4, -0.2) is 43.6 Å². The molecule has 0 bridgehead atoms. The molecule has 0 aromatic heterocycles. The Morgan fingerprint density at radius 1 is 1.19 bits per heavy atom. The van der Waals surface area contributed by atoms with E-state index in [1.165, 1.54) is 35.2 Å². The number of benzene rings is 2. The zero-order chi connectivity index (χ0) is 23.5. The molecule has 3 rings (SSSR count). The Kier molecular flexibility index (Phi) is 7.15. The van der Waals surface area contributed by atoms with Gasteiger partial charge in [-0.1, -0.05) is 38.1 Å². The molecule has 1 amide bonds. The minimum atomic E-state index is -4.05. The SMILES string of the molecule is C=CC(N1CCCC(F)(F)C1)S(=O)(=O)c1cccc(C(=O)Nc2ccc(C(C)C)cc2)c1. The lowest BCUT2D eigenvalue weighted by Gasteiger charge is -2.36. The monoisotopic (exact) mass is 462 g/mol. The van der Waals surface area contributed by atoms with E-state index in [0.717, 1.165) is 5.56 Å². The van der Waals surface area contributed by atoms with Crippen molar-refractivity contribution in [3.8, 4) is 0 Å². The van der Waals surface area contributed by atoms with Crippen LogP contribution >= 0.6 is 0 Å². The zero-order valence-electron chi connectivity index (χ0n) is 18.2. The highest BCUT2D eigenvalue weighted by Crippen LogP contribution is 2.31. The lowest BCUT2D eigenvalue weighted by Crippen LogP contribution is -2.49. The Bertz CT molecular complexity index is 1080. The van der Waals surface area contributed by atoms with Crippen LogP contribution < -0.4 is 5.32 Å². The van der Waals surface area contributed by atoms with Crippen molar-refractivity contribution < 1.29 is 22.0 Å². The van der Waals surface area contributed by atoms with Crippen molar-refractivity contribution in [3.63, 3.8) is 0 Å². The fourth-order valence-electron chi connectivity index (χ4n) is 3.79. The maximum absolute atomic E-state index is 13.9. The number of carbonyl (C=O) groups excluding carboxylic acids is 1. The second kappa shape index (κ2) is 9.50. The molecule has 1 aliphatic rings. The standard InChI is InChI=1S/C24H28F2N2O3S/c1-4-22(28-14-6-13-24(25,26)16-28)32(30,31)21-8-5-7-19(15-21)23(29)27-20-11-9-18(10-12-20)17(2)3/h4-5,7-12,15,17,22H,1,6,13-14,16H2,2-3H3,(H,27,29). The Hall–Kier alpha value is -2.58. The average molecular weight is 463 g/mol. The molecule has 1 aliphatic heterocycles. The van der Waals surface area contributed by atoms with E-state index >= 15 is 0 Å². The molecule has 1 fully saturated rings. The highest BCUT2D eigenvalue weighted by molar-refractivity contribution is 7.92. The second-order valence-corrected chi connectivity index (χ2v) is 10.4. The molecular formula is C24H28F2N2O3S. The normalized spacial score (nSPS) is 17.7. The highest BCUT2D eigenvalue weighted by Gasteiger charge is 2.41. The van der Waals surface area contributed by atoms with E-state index in [0.29, 0.717) is 11.6 Å². The first-order valence-electron chi connectivity index (χ1n) is 10.5. The first kappa shape index (κ1) is 24.1. The van der Waals surface area contributed by atoms with Crippen LogP contribution in [-0.2, 0) is 9.84 Å². The van der Waals surface area contributed by atoms with E-state index in [2.05, 4.69) is 25.7 Å². The summed E-state index contributed by atoms with van der Waals surface area (Å²) in [4.78, 5) is 13.8. The summed E-state index contributed by atoms with van der Waals surface area (Å²) in [5.74, 6) is -3.04. The minimum Gasteiger partial charge on any atom is -0.322 e. The summed E-state index contributed by atoms with van der Waals surface area (Å²) in [6, 6.07) is 13.0. The van der Waals surface area contributed by atoms with Crippen molar-refractivity contribution in [1.82, 2.24) is 4.90 Å². The van der Waals surface area contributed by atoms with Crippen molar-refractivity contribution >= 4 is 21.4 Å². The van der Waals surface area contributed by atoms with E-state index in [9.17, 15) is 22.0 Å². The van der Waals surface area contributed by atoms with Crippen molar-refractivity contribution in [3.05, 3.63) is 72.3 Å². The molecule has 0 saturated carbocycles. The molecule has 0 aliphatic carbocycles. The van der Waals surface area contributed by atoms with Gasteiger partial charge in [0.05, 0.1) is 11.4 Å². The summed E-state index contributed by atoms with van der Waals surface area (Å²) >= 11 is 0. The lowest BCUT2D eigenvalue weighted by molar-refractivity contribution is -0.0641. The maximum atomic E-state index is 13.9. The molecule has 1 N–H and O–H groups in total. The molecule has 1 unspecified atom stereocenters. The number of likely N-dealkylation sites (tertiary alicyclic amines) is 1. The van der Waals surface area contributed by atoms with Gasteiger partial charge in [-0.2, -0.15) is 0 Å². The third-order valence-electron chi connectivity index (χ3n) is 5.56. The van der Waals surface area contributed by atoms with Crippen LogP contribution in [0.25, 0.3) is 0 Å². The Morgan fingerprint density at radius 2 is 1.88 bits per heavy atom. The van der Waals surface area contributed by atoms with E-state index in [1.54, 1.807) is 12.1 Å².